The van der Waals surface area contributed by atoms with E-state index < -0.39 is 5.82 Å². The smallest absolute Gasteiger partial charge is 0.142 e. The summed E-state index contributed by atoms with van der Waals surface area (Å²) in [5.41, 5.74) is 1.94. The summed E-state index contributed by atoms with van der Waals surface area (Å²) in [6, 6.07) is 13.1. The summed E-state index contributed by atoms with van der Waals surface area (Å²) in [5, 5.41) is 3.94. The van der Waals surface area contributed by atoms with Crippen LogP contribution >= 0.6 is 23.2 Å². The monoisotopic (exact) mass is 325 g/mol. The van der Waals surface area contributed by atoms with Gasteiger partial charge in [0.15, 0.2) is 0 Å². The van der Waals surface area contributed by atoms with E-state index in [1.54, 1.807) is 6.07 Å². The van der Waals surface area contributed by atoms with Crippen LogP contribution in [0.15, 0.2) is 42.5 Å². The molecule has 1 N–H and O–H groups in total. The average molecular weight is 326 g/mol. The van der Waals surface area contributed by atoms with Gasteiger partial charge in [0, 0.05) is 16.6 Å². The average Bonchev–Trinajstić information content (AvgIpc) is 2.49. The molecule has 0 aliphatic carbocycles. The minimum absolute atomic E-state index is 0.0866. The molecule has 0 aromatic heterocycles. The first-order valence-electron chi connectivity index (χ1n) is 7.00. The van der Waals surface area contributed by atoms with Gasteiger partial charge in [0.25, 0.3) is 0 Å². The Hall–Kier alpha value is -1.09. The van der Waals surface area contributed by atoms with Crippen molar-refractivity contribution in [2.75, 3.05) is 6.54 Å². The van der Waals surface area contributed by atoms with Crippen LogP contribution in [-0.4, -0.2) is 6.54 Å². The van der Waals surface area contributed by atoms with Crippen LogP contribution in [0, 0.1) is 5.82 Å². The van der Waals surface area contributed by atoms with Crippen molar-refractivity contribution in [1.82, 2.24) is 5.32 Å². The van der Waals surface area contributed by atoms with E-state index in [9.17, 15) is 4.39 Å². The van der Waals surface area contributed by atoms with Gasteiger partial charge in [-0.2, -0.15) is 0 Å². The normalized spacial score (nSPS) is 12.4. The lowest BCUT2D eigenvalue weighted by Crippen LogP contribution is -2.21. The first-order valence-corrected chi connectivity index (χ1v) is 7.76. The Morgan fingerprint density at radius 2 is 1.81 bits per heavy atom. The summed E-state index contributed by atoms with van der Waals surface area (Å²) >= 11 is 12.1. The van der Waals surface area contributed by atoms with Gasteiger partial charge in [-0.3, -0.25) is 0 Å². The molecule has 1 atom stereocenters. The van der Waals surface area contributed by atoms with Gasteiger partial charge in [0.1, 0.15) is 5.82 Å². The molecule has 0 heterocycles. The molecule has 2 aromatic carbocycles. The predicted octanol–water partition coefficient (Wildman–Crippen LogP) is 5.42. The van der Waals surface area contributed by atoms with E-state index in [1.807, 2.05) is 25.1 Å². The van der Waals surface area contributed by atoms with Crippen LogP contribution in [0.25, 0.3) is 0 Å². The third kappa shape index (κ3) is 4.44. The Kier molecular flexibility index (Phi) is 6.04. The molecule has 1 unspecified atom stereocenters. The number of aryl methyl sites for hydroxylation is 1. The van der Waals surface area contributed by atoms with Crippen LogP contribution in [0.4, 0.5) is 4.39 Å². The summed E-state index contributed by atoms with van der Waals surface area (Å²) in [4.78, 5) is 0. The summed E-state index contributed by atoms with van der Waals surface area (Å²) in [6.45, 7) is 2.76. The molecule has 0 aliphatic rings. The summed E-state index contributed by atoms with van der Waals surface area (Å²) < 4.78 is 13.5. The lowest BCUT2D eigenvalue weighted by molar-refractivity contribution is 0.552. The van der Waals surface area contributed by atoms with Crippen LogP contribution in [-0.2, 0) is 6.42 Å². The number of rotatable bonds is 6. The largest absolute Gasteiger partial charge is 0.310 e. The van der Waals surface area contributed by atoms with E-state index in [1.165, 1.54) is 11.6 Å². The molecule has 2 aromatic rings. The minimum atomic E-state index is -0.436. The maximum atomic E-state index is 13.5. The molecule has 0 saturated carbocycles. The molecular formula is C17H18Cl2FN. The van der Waals surface area contributed by atoms with Crippen LogP contribution in [0.2, 0.25) is 10.0 Å². The zero-order valence-corrected chi connectivity index (χ0v) is 13.4. The van der Waals surface area contributed by atoms with Gasteiger partial charge in [0.05, 0.1) is 5.02 Å². The molecule has 0 saturated heterocycles. The Labute approximate surface area is 135 Å². The van der Waals surface area contributed by atoms with Crippen molar-refractivity contribution in [2.24, 2.45) is 0 Å². The Balaban J connectivity index is 1.88. The van der Waals surface area contributed by atoms with Gasteiger partial charge in [-0.25, -0.2) is 4.39 Å². The zero-order chi connectivity index (χ0) is 15.2. The molecule has 0 amide bonds. The fraction of sp³-hybridized carbons (Fsp3) is 0.294. The third-order valence-electron chi connectivity index (χ3n) is 3.45. The van der Waals surface area contributed by atoms with Gasteiger partial charge in [-0.05, 0) is 44.0 Å². The molecule has 112 valence electrons. The fourth-order valence-electron chi connectivity index (χ4n) is 2.30. The van der Waals surface area contributed by atoms with E-state index >= 15 is 0 Å². The van der Waals surface area contributed by atoms with E-state index in [0.717, 1.165) is 19.4 Å². The number of hydrogen-bond acceptors (Lipinski definition) is 1. The molecule has 0 aliphatic heterocycles. The second-order valence-corrected chi connectivity index (χ2v) is 5.81. The van der Waals surface area contributed by atoms with Crippen molar-refractivity contribution in [3.63, 3.8) is 0 Å². The minimum Gasteiger partial charge on any atom is -0.310 e. The molecular weight excluding hydrogens is 308 g/mol. The Bertz CT molecular complexity index is 587. The summed E-state index contributed by atoms with van der Waals surface area (Å²) in [5.74, 6) is -0.436. The van der Waals surface area contributed by atoms with E-state index in [2.05, 4.69) is 17.4 Å². The van der Waals surface area contributed by atoms with Gasteiger partial charge in [-0.15, -0.1) is 0 Å². The van der Waals surface area contributed by atoms with Crippen LogP contribution in [0.5, 0.6) is 0 Å². The first-order chi connectivity index (χ1) is 10.1. The summed E-state index contributed by atoms with van der Waals surface area (Å²) in [6.07, 6.45) is 2.00. The quantitative estimate of drug-likeness (QED) is 0.552. The molecule has 0 fully saturated rings. The standard InChI is InChI=1S/C17H18Cl2FN/c1-12(16-14(18)9-10-15(20)17(16)19)21-11-5-8-13-6-3-2-4-7-13/h2-4,6-7,9-10,12,21H,5,8,11H2,1H3. The molecule has 0 bridgehead atoms. The number of halogens is 3. The van der Waals surface area contributed by atoms with Crippen molar-refractivity contribution < 1.29 is 4.39 Å². The maximum absolute atomic E-state index is 13.5. The van der Waals surface area contributed by atoms with Crippen LogP contribution in [0.3, 0.4) is 0 Å². The summed E-state index contributed by atoms with van der Waals surface area (Å²) in [7, 11) is 0. The molecule has 2 rings (SSSR count). The van der Waals surface area contributed by atoms with Crippen LogP contribution < -0.4 is 5.32 Å². The van der Waals surface area contributed by atoms with Gasteiger partial charge in [0.2, 0.25) is 0 Å². The van der Waals surface area contributed by atoms with Crippen molar-refractivity contribution in [2.45, 2.75) is 25.8 Å². The molecule has 0 radical (unpaired) electrons. The molecule has 4 heteroatoms. The van der Waals surface area contributed by atoms with Gasteiger partial charge in [-0.1, -0.05) is 53.5 Å². The van der Waals surface area contributed by atoms with E-state index in [-0.39, 0.29) is 11.1 Å². The topological polar surface area (TPSA) is 12.0 Å². The lowest BCUT2D eigenvalue weighted by Gasteiger charge is -2.17. The molecule has 1 nitrogen and oxygen atoms in total. The Morgan fingerprint density at radius 1 is 1.10 bits per heavy atom. The second-order valence-electron chi connectivity index (χ2n) is 5.02. The highest BCUT2D eigenvalue weighted by molar-refractivity contribution is 6.36. The highest BCUT2D eigenvalue weighted by Gasteiger charge is 2.16. The number of nitrogens with one attached hydrogen (secondary N) is 1. The van der Waals surface area contributed by atoms with Gasteiger partial charge < -0.3 is 5.32 Å². The zero-order valence-electron chi connectivity index (χ0n) is 11.9. The van der Waals surface area contributed by atoms with Crippen molar-refractivity contribution in [1.29, 1.82) is 0 Å². The third-order valence-corrected chi connectivity index (χ3v) is 4.16. The van der Waals surface area contributed by atoms with E-state index in [0.29, 0.717) is 10.6 Å². The van der Waals surface area contributed by atoms with Crippen molar-refractivity contribution >= 4 is 23.2 Å². The fourth-order valence-corrected chi connectivity index (χ4v) is 3.00. The van der Waals surface area contributed by atoms with Crippen molar-refractivity contribution in [3.05, 3.63) is 69.5 Å². The Morgan fingerprint density at radius 3 is 2.52 bits per heavy atom. The maximum Gasteiger partial charge on any atom is 0.142 e. The molecule has 0 spiro atoms. The first kappa shape index (κ1) is 16.3. The SMILES string of the molecule is CC(NCCCc1ccccc1)c1c(Cl)ccc(F)c1Cl. The number of hydrogen-bond donors (Lipinski definition) is 1. The highest BCUT2D eigenvalue weighted by atomic mass is 35.5. The van der Waals surface area contributed by atoms with E-state index in [4.69, 9.17) is 23.2 Å². The van der Waals surface area contributed by atoms with Gasteiger partial charge >= 0.3 is 0 Å². The predicted molar refractivity (Wildman–Crippen MR) is 87.6 cm³/mol. The number of benzene rings is 2. The molecule has 21 heavy (non-hydrogen) atoms. The second kappa shape index (κ2) is 7.79. The van der Waals surface area contributed by atoms with Crippen LogP contribution in [0.1, 0.15) is 30.5 Å². The van der Waals surface area contributed by atoms with Crippen molar-refractivity contribution in [3.8, 4) is 0 Å². The highest BCUT2D eigenvalue weighted by Crippen LogP contribution is 2.32. The lowest BCUT2D eigenvalue weighted by atomic mass is 10.1.